The quantitative estimate of drug-likeness (QED) is 0.776. The molecule has 0 aliphatic carbocycles. The zero-order valence-electron chi connectivity index (χ0n) is 9.05. The lowest BCUT2D eigenvalue weighted by atomic mass is 9.83. The molecule has 15 heavy (non-hydrogen) atoms. The van der Waals surface area contributed by atoms with Crippen LogP contribution in [0.5, 0.6) is 0 Å². The summed E-state index contributed by atoms with van der Waals surface area (Å²) in [5.41, 5.74) is 7.41. The highest BCUT2D eigenvalue weighted by Gasteiger charge is 2.23. The Bertz CT molecular complexity index is 334. The van der Waals surface area contributed by atoms with E-state index >= 15 is 0 Å². The van der Waals surface area contributed by atoms with Gasteiger partial charge in [-0.3, -0.25) is 0 Å². The van der Waals surface area contributed by atoms with Gasteiger partial charge in [0.05, 0.1) is 0 Å². The minimum Gasteiger partial charge on any atom is -0.323 e. The molecule has 0 radical (unpaired) electrons. The average Bonchev–Trinajstić information content (AvgIpc) is 2.06. The number of hydrogen-bond donors (Lipinski definition) is 1. The predicted molar refractivity (Wildman–Crippen MR) is 75.5 cm³/mol. The van der Waals surface area contributed by atoms with Crippen LogP contribution in [0.2, 0.25) is 0 Å². The molecule has 0 heterocycles. The SMILES string of the molecule is CC(C)(C)[C@@H](N)c1cc(Br)ccc1Br.Cl. The van der Waals surface area contributed by atoms with Gasteiger partial charge in [-0.05, 0) is 29.2 Å². The fourth-order valence-electron chi connectivity index (χ4n) is 1.22. The van der Waals surface area contributed by atoms with Crippen LogP contribution < -0.4 is 5.73 Å². The maximum atomic E-state index is 6.19. The van der Waals surface area contributed by atoms with Crippen molar-refractivity contribution in [3.63, 3.8) is 0 Å². The summed E-state index contributed by atoms with van der Waals surface area (Å²) in [5.74, 6) is 0. The van der Waals surface area contributed by atoms with Crippen molar-refractivity contribution < 1.29 is 0 Å². The first-order valence-electron chi connectivity index (χ1n) is 4.53. The first-order valence-corrected chi connectivity index (χ1v) is 6.11. The molecule has 2 N–H and O–H groups in total. The van der Waals surface area contributed by atoms with Gasteiger partial charge in [0.15, 0.2) is 0 Å². The summed E-state index contributed by atoms with van der Waals surface area (Å²) in [6, 6.07) is 6.13. The highest BCUT2D eigenvalue weighted by molar-refractivity contribution is 9.11. The number of benzene rings is 1. The molecule has 0 aliphatic rings. The molecule has 0 saturated carbocycles. The lowest BCUT2D eigenvalue weighted by molar-refractivity contribution is 0.326. The van der Waals surface area contributed by atoms with E-state index in [9.17, 15) is 0 Å². The van der Waals surface area contributed by atoms with Crippen molar-refractivity contribution >= 4 is 44.3 Å². The Morgan fingerprint density at radius 2 is 1.73 bits per heavy atom. The molecule has 0 aliphatic heterocycles. The van der Waals surface area contributed by atoms with E-state index in [1.807, 2.05) is 12.1 Å². The summed E-state index contributed by atoms with van der Waals surface area (Å²) < 4.78 is 2.14. The monoisotopic (exact) mass is 355 g/mol. The van der Waals surface area contributed by atoms with Crippen molar-refractivity contribution in [1.29, 1.82) is 0 Å². The van der Waals surface area contributed by atoms with E-state index in [4.69, 9.17) is 5.73 Å². The van der Waals surface area contributed by atoms with Crippen molar-refractivity contribution in [2.75, 3.05) is 0 Å². The van der Waals surface area contributed by atoms with Crippen LogP contribution in [-0.2, 0) is 0 Å². The third-order valence-electron chi connectivity index (χ3n) is 2.23. The fraction of sp³-hybridized carbons (Fsp3) is 0.455. The van der Waals surface area contributed by atoms with Crippen LogP contribution in [0.4, 0.5) is 0 Å². The van der Waals surface area contributed by atoms with E-state index in [1.54, 1.807) is 0 Å². The van der Waals surface area contributed by atoms with Crippen LogP contribution in [-0.4, -0.2) is 0 Å². The Morgan fingerprint density at radius 1 is 1.20 bits per heavy atom. The van der Waals surface area contributed by atoms with E-state index in [1.165, 1.54) is 0 Å². The van der Waals surface area contributed by atoms with E-state index in [2.05, 4.69) is 58.7 Å². The molecule has 1 rings (SSSR count). The second kappa shape index (κ2) is 5.67. The van der Waals surface area contributed by atoms with Crippen molar-refractivity contribution in [1.82, 2.24) is 0 Å². The van der Waals surface area contributed by atoms with Gasteiger partial charge in [0.2, 0.25) is 0 Å². The maximum absolute atomic E-state index is 6.19. The summed E-state index contributed by atoms with van der Waals surface area (Å²) in [4.78, 5) is 0. The van der Waals surface area contributed by atoms with Crippen LogP contribution >= 0.6 is 44.3 Å². The smallest absolute Gasteiger partial charge is 0.0355 e. The molecule has 0 amide bonds. The summed E-state index contributed by atoms with van der Waals surface area (Å²) in [7, 11) is 0. The molecule has 0 bridgehead atoms. The normalized spacial score (nSPS) is 13.2. The Labute approximate surface area is 114 Å². The predicted octanol–water partition coefficient (Wildman–Crippen LogP) is 4.68. The van der Waals surface area contributed by atoms with Crippen molar-refractivity contribution in [2.45, 2.75) is 26.8 Å². The Morgan fingerprint density at radius 3 is 2.20 bits per heavy atom. The molecule has 0 spiro atoms. The number of halogens is 3. The second-order valence-electron chi connectivity index (χ2n) is 4.51. The Balaban J connectivity index is 0.00000196. The van der Waals surface area contributed by atoms with Crippen LogP contribution in [0, 0.1) is 5.41 Å². The lowest BCUT2D eigenvalue weighted by Crippen LogP contribution is -2.26. The molecule has 0 fully saturated rings. The van der Waals surface area contributed by atoms with Gasteiger partial charge in [0.25, 0.3) is 0 Å². The maximum Gasteiger partial charge on any atom is 0.0355 e. The molecule has 1 aromatic carbocycles. The van der Waals surface area contributed by atoms with Gasteiger partial charge in [-0.25, -0.2) is 0 Å². The van der Waals surface area contributed by atoms with Gasteiger partial charge in [0.1, 0.15) is 0 Å². The van der Waals surface area contributed by atoms with Crippen LogP contribution in [0.15, 0.2) is 27.1 Å². The van der Waals surface area contributed by atoms with E-state index < -0.39 is 0 Å². The summed E-state index contributed by atoms with van der Waals surface area (Å²) in [6.45, 7) is 6.43. The third kappa shape index (κ3) is 4.06. The van der Waals surface area contributed by atoms with Gasteiger partial charge >= 0.3 is 0 Å². The van der Waals surface area contributed by atoms with Crippen molar-refractivity contribution in [3.05, 3.63) is 32.7 Å². The van der Waals surface area contributed by atoms with Crippen molar-refractivity contribution in [3.8, 4) is 0 Å². The fourth-order valence-corrected chi connectivity index (χ4v) is 2.09. The van der Waals surface area contributed by atoms with Crippen LogP contribution in [0.3, 0.4) is 0 Å². The number of nitrogens with two attached hydrogens (primary N) is 1. The summed E-state index contributed by atoms with van der Waals surface area (Å²) in [5, 5.41) is 0. The highest BCUT2D eigenvalue weighted by atomic mass is 79.9. The average molecular weight is 358 g/mol. The minimum atomic E-state index is 0. The molecule has 1 nitrogen and oxygen atoms in total. The highest BCUT2D eigenvalue weighted by Crippen LogP contribution is 2.35. The number of rotatable bonds is 1. The van der Waals surface area contributed by atoms with Crippen molar-refractivity contribution in [2.24, 2.45) is 11.1 Å². The standard InChI is InChI=1S/C11H15Br2N.ClH/c1-11(2,3)10(14)8-6-7(12)4-5-9(8)13;/h4-6,10H,14H2,1-3H3;1H/t10-;/m0./s1. The van der Waals surface area contributed by atoms with Gasteiger partial charge in [0, 0.05) is 15.0 Å². The summed E-state index contributed by atoms with van der Waals surface area (Å²) in [6.07, 6.45) is 0. The largest absolute Gasteiger partial charge is 0.323 e. The molecule has 4 heteroatoms. The van der Waals surface area contributed by atoms with E-state index in [-0.39, 0.29) is 23.9 Å². The van der Waals surface area contributed by atoms with Gasteiger partial charge < -0.3 is 5.73 Å². The van der Waals surface area contributed by atoms with Gasteiger partial charge in [-0.15, -0.1) is 12.4 Å². The first kappa shape index (κ1) is 15.4. The third-order valence-corrected chi connectivity index (χ3v) is 3.44. The van der Waals surface area contributed by atoms with Crippen LogP contribution in [0.1, 0.15) is 32.4 Å². The molecule has 1 aromatic rings. The Hall–Kier alpha value is 0.430. The first-order chi connectivity index (χ1) is 6.32. The zero-order valence-corrected chi connectivity index (χ0v) is 13.0. The molecular weight excluding hydrogens is 341 g/mol. The van der Waals surface area contributed by atoms with E-state index in [0.29, 0.717) is 0 Å². The Kier molecular flexibility index (Phi) is 5.83. The number of hydrogen-bond acceptors (Lipinski definition) is 1. The zero-order chi connectivity index (χ0) is 10.9. The van der Waals surface area contributed by atoms with Crippen LogP contribution in [0.25, 0.3) is 0 Å². The molecule has 0 unspecified atom stereocenters. The molecule has 0 aromatic heterocycles. The summed E-state index contributed by atoms with van der Waals surface area (Å²) >= 11 is 6.98. The lowest BCUT2D eigenvalue weighted by Gasteiger charge is -2.28. The molecule has 86 valence electrons. The molecular formula is C11H16Br2ClN. The molecule has 1 atom stereocenters. The van der Waals surface area contributed by atoms with Gasteiger partial charge in [-0.1, -0.05) is 52.6 Å². The van der Waals surface area contributed by atoms with E-state index in [0.717, 1.165) is 14.5 Å². The topological polar surface area (TPSA) is 26.0 Å². The molecule has 0 saturated heterocycles. The minimum absolute atomic E-state index is 0. The van der Waals surface area contributed by atoms with Gasteiger partial charge in [-0.2, -0.15) is 0 Å². The second-order valence-corrected chi connectivity index (χ2v) is 6.28.